The minimum atomic E-state index is -0.663. The molecule has 0 saturated carbocycles. The summed E-state index contributed by atoms with van der Waals surface area (Å²) in [5, 5.41) is 3.52. The van der Waals surface area contributed by atoms with Crippen LogP contribution in [-0.2, 0) is 9.59 Å². The molecule has 1 amide bonds. The number of benzene rings is 1. The van der Waals surface area contributed by atoms with Crippen LogP contribution in [0.4, 0.5) is 5.69 Å². The molecule has 0 saturated heterocycles. The van der Waals surface area contributed by atoms with E-state index in [4.69, 9.17) is 0 Å². The highest BCUT2D eigenvalue weighted by molar-refractivity contribution is 7.99. The standard InChI is InChI=1S/C16H16N2O2S2/c1-10-8-13(21-2)15(16(17-10)22-3)11-6-4-5-7-12(11)18-14(20)9-19/h4-9H,1-3H3,(H,18,20). The molecule has 0 atom stereocenters. The fraction of sp³-hybridized carbons (Fsp3) is 0.188. The zero-order chi connectivity index (χ0) is 16.1. The van der Waals surface area contributed by atoms with E-state index in [9.17, 15) is 9.59 Å². The van der Waals surface area contributed by atoms with Crippen LogP contribution in [0.5, 0.6) is 0 Å². The number of aromatic nitrogens is 1. The molecule has 6 heteroatoms. The Bertz CT molecular complexity index is 692. The van der Waals surface area contributed by atoms with Gasteiger partial charge < -0.3 is 5.32 Å². The fourth-order valence-electron chi connectivity index (χ4n) is 2.14. The number of aryl methyl sites for hydroxylation is 1. The average molecular weight is 332 g/mol. The molecule has 114 valence electrons. The zero-order valence-corrected chi connectivity index (χ0v) is 14.2. The summed E-state index contributed by atoms with van der Waals surface area (Å²) in [6.45, 7) is 1.96. The minimum Gasteiger partial charge on any atom is -0.319 e. The van der Waals surface area contributed by atoms with Crippen molar-refractivity contribution in [3.8, 4) is 11.1 Å². The summed E-state index contributed by atoms with van der Waals surface area (Å²) in [4.78, 5) is 27.7. The Labute approximate surface area is 138 Å². The van der Waals surface area contributed by atoms with Gasteiger partial charge in [0.05, 0.1) is 0 Å². The van der Waals surface area contributed by atoms with E-state index >= 15 is 0 Å². The number of carbonyl (C=O) groups excluding carboxylic acids is 2. The maximum Gasteiger partial charge on any atom is 0.288 e. The van der Waals surface area contributed by atoms with Crippen molar-refractivity contribution in [2.45, 2.75) is 16.8 Å². The van der Waals surface area contributed by atoms with E-state index in [1.165, 1.54) is 0 Å². The van der Waals surface area contributed by atoms with Crippen molar-refractivity contribution in [3.63, 3.8) is 0 Å². The Hall–Kier alpha value is -1.79. The van der Waals surface area contributed by atoms with Crippen molar-refractivity contribution < 1.29 is 9.59 Å². The zero-order valence-electron chi connectivity index (χ0n) is 12.5. The van der Waals surface area contributed by atoms with Gasteiger partial charge in [-0.05, 0) is 31.6 Å². The Morgan fingerprint density at radius 1 is 1.23 bits per heavy atom. The van der Waals surface area contributed by atoms with E-state index < -0.39 is 5.91 Å². The van der Waals surface area contributed by atoms with Gasteiger partial charge in [0.25, 0.3) is 5.91 Å². The number of nitrogens with zero attached hydrogens (tertiary/aromatic N) is 1. The van der Waals surface area contributed by atoms with Gasteiger partial charge in [0.2, 0.25) is 6.29 Å². The number of rotatable bonds is 5. The largest absolute Gasteiger partial charge is 0.319 e. The van der Waals surface area contributed by atoms with Crippen molar-refractivity contribution >= 4 is 41.4 Å². The first-order valence-corrected chi connectivity index (χ1v) is 9.00. The lowest BCUT2D eigenvalue weighted by molar-refractivity contribution is -0.127. The Kier molecular flexibility index (Phi) is 5.63. The van der Waals surface area contributed by atoms with Gasteiger partial charge in [-0.2, -0.15) is 0 Å². The van der Waals surface area contributed by atoms with Crippen LogP contribution in [0, 0.1) is 6.92 Å². The van der Waals surface area contributed by atoms with Gasteiger partial charge in [0.1, 0.15) is 5.03 Å². The molecule has 2 rings (SSSR count). The van der Waals surface area contributed by atoms with Gasteiger partial charge in [0, 0.05) is 27.4 Å². The van der Waals surface area contributed by atoms with Crippen LogP contribution >= 0.6 is 23.5 Å². The van der Waals surface area contributed by atoms with Gasteiger partial charge in [-0.15, -0.1) is 23.5 Å². The normalized spacial score (nSPS) is 10.3. The SMILES string of the molecule is CSc1cc(C)nc(SC)c1-c1ccccc1NC(=O)C=O. The lowest BCUT2D eigenvalue weighted by atomic mass is 10.0. The molecule has 1 heterocycles. The number of aldehydes is 1. The lowest BCUT2D eigenvalue weighted by Crippen LogP contribution is -2.13. The van der Waals surface area contributed by atoms with Gasteiger partial charge in [-0.25, -0.2) is 4.98 Å². The second-order valence-corrected chi connectivity index (χ2v) is 6.15. The van der Waals surface area contributed by atoms with Gasteiger partial charge in [-0.3, -0.25) is 9.59 Å². The lowest BCUT2D eigenvalue weighted by Gasteiger charge is -2.16. The van der Waals surface area contributed by atoms with Crippen LogP contribution in [0.2, 0.25) is 0 Å². The predicted octanol–water partition coefficient (Wildman–Crippen LogP) is 3.64. The van der Waals surface area contributed by atoms with Gasteiger partial charge in [0.15, 0.2) is 0 Å². The number of anilines is 1. The number of hydrogen-bond donors (Lipinski definition) is 1. The topological polar surface area (TPSA) is 59.1 Å². The summed E-state index contributed by atoms with van der Waals surface area (Å²) < 4.78 is 0. The third-order valence-corrected chi connectivity index (χ3v) is 4.50. The quantitative estimate of drug-likeness (QED) is 0.515. The highest BCUT2D eigenvalue weighted by atomic mass is 32.2. The summed E-state index contributed by atoms with van der Waals surface area (Å²) in [5.74, 6) is -0.663. The van der Waals surface area contributed by atoms with Crippen molar-refractivity contribution in [2.75, 3.05) is 17.8 Å². The maximum atomic E-state index is 11.4. The van der Waals surface area contributed by atoms with E-state index in [1.54, 1.807) is 29.6 Å². The summed E-state index contributed by atoms with van der Waals surface area (Å²) >= 11 is 3.19. The molecule has 22 heavy (non-hydrogen) atoms. The smallest absolute Gasteiger partial charge is 0.288 e. The van der Waals surface area contributed by atoms with E-state index in [0.29, 0.717) is 5.69 Å². The molecule has 1 aromatic heterocycles. The van der Waals surface area contributed by atoms with Crippen molar-refractivity contribution in [3.05, 3.63) is 36.0 Å². The Morgan fingerprint density at radius 2 is 1.95 bits per heavy atom. The first kappa shape index (κ1) is 16.6. The van der Waals surface area contributed by atoms with Crippen LogP contribution in [0.3, 0.4) is 0 Å². The molecule has 0 fully saturated rings. The third-order valence-electron chi connectivity index (χ3n) is 3.05. The molecule has 0 aliphatic rings. The number of para-hydroxylation sites is 1. The third kappa shape index (κ3) is 3.51. The number of pyridine rings is 1. The van der Waals surface area contributed by atoms with Gasteiger partial charge in [-0.1, -0.05) is 18.2 Å². The minimum absolute atomic E-state index is 0.273. The average Bonchev–Trinajstić information content (AvgIpc) is 2.54. The van der Waals surface area contributed by atoms with E-state index in [1.807, 2.05) is 43.7 Å². The second-order valence-electron chi connectivity index (χ2n) is 4.50. The molecule has 0 bridgehead atoms. The number of carbonyl (C=O) groups is 2. The summed E-state index contributed by atoms with van der Waals surface area (Å²) in [6, 6.07) is 9.46. The van der Waals surface area contributed by atoms with Crippen LogP contribution in [0.1, 0.15) is 5.69 Å². The van der Waals surface area contributed by atoms with Crippen LogP contribution in [0.25, 0.3) is 11.1 Å². The summed E-state index contributed by atoms with van der Waals surface area (Å²) in [6.07, 6.45) is 4.26. The molecule has 4 nitrogen and oxygen atoms in total. The Morgan fingerprint density at radius 3 is 2.59 bits per heavy atom. The molecule has 0 unspecified atom stereocenters. The predicted molar refractivity (Wildman–Crippen MR) is 92.7 cm³/mol. The molecule has 0 aliphatic carbocycles. The summed E-state index contributed by atoms with van der Waals surface area (Å²) in [7, 11) is 0. The summed E-state index contributed by atoms with van der Waals surface area (Å²) in [5.41, 5.74) is 3.40. The first-order chi connectivity index (χ1) is 10.6. The van der Waals surface area contributed by atoms with Crippen molar-refractivity contribution in [1.29, 1.82) is 0 Å². The molecule has 0 aliphatic heterocycles. The molecule has 1 N–H and O–H groups in total. The van der Waals surface area contributed by atoms with Crippen LogP contribution in [0.15, 0.2) is 40.3 Å². The first-order valence-electron chi connectivity index (χ1n) is 6.56. The number of nitrogens with one attached hydrogen (secondary N) is 1. The number of amides is 1. The van der Waals surface area contributed by atoms with E-state index in [-0.39, 0.29) is 6.29 Å². The highest BCUT2D eigenvalue weighted by Gasteiger charge is 2.16. The molecule has 0 radical (unpaired) electrons. The molecule has 0 spiro atoms. The van der Waals surface area contributed by atoms with Crippen molar-refractivity contribution in [1.82, 2.24) is 4.98 Å². The number of thioether (sulfide) groups is 2. The molecular formula is C16H16N2O2S2. The molecular weight excluding hydrogens is 316 g/mol. The maximum absolute atomic E-state index is 11.4. The van der Waals surface area contributed by atoms with E-state index in [0.717, 1.165) is 26.7 Å². The van der Waals surface area contributed by atoms with Crippen LogP contribution in [-0.4, -0.2) is 29.7 Å². The van der Waals surface area contributed by atoms with Gasteiger partial charge >= 0.3 is 0 Å². The second kappa shape index (κ2) is 7.47. The molecule has 1 aromatic carbocycles. The monoisotopic (exact) mass is 332 g/mol. The fourth-order valence-corrected chi connectivity index (χ4v) is 3.57. The Balaban J connectivity index is 2.66. The van der Waals surface area contributed by atoms with E-state index in [2.05, 4.69) is 10.3 Å². The number of hydrogen-bond acceptors (Lipinski definition) is 5. The van der Waals surface area contributed by atoms with Crippen molar-refractivity contribution in [2.24, 2.45) is 0 Å². The highest BCUT2D eigenvalue weighted by Crippen LogP contribution is 2.40. The molecule has 2 aromatic rings. The van der Waals surface area contributed by atoms with Crippen LogP contribution < -0.4 is 5.32 Å².